The molecule has 9 heteroatoms. The molecule has 4 aromatic rings. The van der Waals surface area contributed by atoms with Crippen molar-refractivity contribution in [2.45, 2.75) is 30.8 Å². The number of aliphatic hydroxyl groups excluding tert-OH is 1. The van der Waals surface area contributed by atoms with Gasteiger partial charge in [-0.05, 0) is 21.9 Å². The van der Waals surface area contributed by atoms with Crippen molar-refractivity contribution in [2.75, 3.05) is 11.9 Å². The van der Waals surface area contributed by atoms with Crippen molar-refractivity contribution in [3.63, 3.8) is 0 Å². The minimum absolute atomic E-state index is 0.00424. The molecule has 35 heavy (non-hydrogen) atoms. The SMILES string of the molecule is O=C(NCC(O)c1cccc2ccccc12)c1cnn2c1NC(c1ccccc1)CC2C(F)(F)F. The van der Waals surface area contributed by atoms with Gasteiger partial charge in [0.2, 0.25) is 0 Å². The third-order valence-corrected chi connectivity index (χ3v) is 6.32. The molecule has 0 saturated carbocycles. The van der Waals surface area contributed by atoms with Crippen LogP contribution < -0.4 is 10.6 Å². The van der Waals surface area contributed by atoms with E-state index in [0.29, 0.717) is 11.1 Å². The van der Waals surface area contributed by atoms with Crippen LogP contribution in [0.4, 0.5) is 19.0 Å². The van der Waals surface area contributed by atoms with Gasteiger partial charge in [-0.25, -0.2) is 4.68 Å². The lowest BCUT2D eigenvalue weighted by molar-refractivity contribution is -0.173. The van der Waals surface area contributed by atoms with Crippen molar-refractivity contribution in [3.05, 3.63) is 95.7 Å². The number of alkyl halides is 3. The Morgan fingerprint density at radius 2 is 1.80 bits per heavy atom. The van der Waals surface area contributed by atoms with Crippen molar-refractivity contribution in [1.82, 2.24) is 15.1 Å². The van der Waals surface area contributed by atoms with Gasteiger partial charge in [0.15, 0.2) is 6.04 Å². The van der Waals surface area contributed by atoms with Crippen LogP contribution in [0.1, 0.15) is 46.1 Å². The van der Waals surface area contributed by atoms with Crippen LogP contribution in [0.2, 0.25) is 0 Å². The predicted molar refractivity (Wildman–Crippen MR) is 126 cm³/mol. The number of hydrogen-bond acceptors (Lipinski definition) is 4. The van der Waals surface area contributed by atoms with Crippen molar-refractivity contribution in [1.29, 1.82) is 0 Å². The standard InChI is InChI=1S/C26H23F3N4O2/c27-26(28,29)23-13-21(17-8-2-1-3-9-17)32-24-20(14-31-33(23)24)25(35)30-15-22(34)19-12-6-10-16-7-4-5-11-18(16)19/h1-12,14,21-23,32,34H,13,15H2,(H,30,35). The third kappa shape index (κ3) is 4.46. The summed E-state index contributed by atoms with van der Waals surface area (Å²) in [6, 6.07) is 19.4. The van der Waals surface area contributed by atoms with Gasteiger partial charge in [-0.15, -0.1) is 0 Å². The molecule has 6 nitrogen and oxygen atoms in total. The highest BCUT2D eigenvalue weighted by Crippen LogP contribution is 2.44. The zero-order valence-corrected chi connectivity index (χ0v) is 18.5. The first-order valence-corrected chi connectivity index (χ1v) is 11.2. The summed E-state index contributed by atoms with van der Waals surface area (Å²) in [5, 5.41) is 22.2. The molecule has 1 aliphatic rings. The van der Waals surface area contributed by atoms with E-state index in [4.69, 9.17) is 0 Å². The van der Waals surface area contributed by atoms with E-state index in [2.05, 4.69) is 15.7 Å². The molecule has 0 aliphatic carbocycles. The Bertz CT molecular complexity index is 1350. The molecule has 3 aromatic carbocycles. The Morgan fingerprint density at radius 1 is 1.09 bits per heavy atom. The summed E-state index contributed by atoms with van der Waals surface area (Å²) in [5.74, 6) is -0.614. The highest BCUT2D eigenvalue weighted by atomic mass is 19.4. The Hall–Kier alpha value is -3.85. The van der Waals surface area contributed by atoms with Gasteiger partial charge in [-0.3, -0.25) is 4.79 Å². The minimum Gasteiger partial charge on any atom is -0.387 e. The van der Waals surface area contributed by atoms with Crippen LogP contribution in [0.15, 0.2) is 79.0 Å². The largest absolute Gasteiger partial charge is 0.410 e. The average Bonchev–Trinajstić information content (AvgIpc) is 3.30. The number of aromatic nitrogens is 2. The summed E-state index contributed by atoms with van der Waals surface area (Å²) in [4.78, 5) is 13.0. The lowest BCUT2D eigenvalue weighted by atomic mass is 9.96. The van der Waals surface area contributed by atoms with Gasteiger partial charge in [-0.1, -0.05) is 72.8 Å². The molecule has 3 atom stereocenters. The zero-order chi connectivity index (χ0) is 24.6. The van der Waals surface area contributed by atoms with Crippen LogP contribution in [0.3, 0.4) is 0 Å². The summed E-state index contributed by atoms with van der Waals surface area (Å²) in [7, 11) is 0. The summed E-state index contributed by atoms with van der Waals surface area (Å²) in [6.45, 7) is -0.109. The Kier molecular flexibility index (Phi) is 5.94. The summed E-state index contributed by atoms with van der Waals surface area (Å²) >= 11 is 0. The van der Waals surface area contributed by atoms with E-state index in [9.17, 15) is 23.1 Å². The van der Waals surface area contributed by atoms with E-state index < -0.39 is 30.3 Å². The molecule has 5 rings (SSSR count). The van der Waals surface area contributed by atoms with Gasteiger partial charge in [0.25, 0.3) is 5.91 Å². The first-order valence-electron chi connectivity index (χ1n) is 11.2. The minimum atomic E-state index is -4.53. The van der Waals surface area contributed by atoms with Crippen molar-refractivity contribution in [3.8, 4) is 0 Å². The molecule has 1 aliphatic heterocycles. The molecule has 1 amide bonds. The average molecular weight is 480 g/mol. The van der Waals surface area contributed by atoms with Gasteiger partial charge in [-0.2, -0.15) is 18.3 Å². The van der Waals surface area contributed by atoms with E-state index in [0.717, 1.165) is 21.7 Å². The molecule has 0 bridgehead atoms. The molecule has 180 valence electrons. The van der Waals surface area contributed by atoms with E-state index >= 15 is 0 Å². The number of nitrogens with one attached hydrogen (secondary N) is 2. The fourth-order valence-electron chi connectivity index (χ4n) is 4.57. The number of amides is 1. The van der Waals surface area contributed by atoms with Gasteiger partial charge in [0.1, 0.15) is 11.4 Å². The van der Waals surface area contributed by atoms with E-state index in [1.165, 1.54) is 0 Å². The summed E-state index contributed by atoms with van der Waals surface area (Å²) < 4.78 is 42.4. The number of halogens is 3. The molecule has 0 fully saturated rings. The number of carbonyl (C=O) groups is 1. The van der Waals surface area contributed by atoms with Crippen LogP contribution in [0.5, 0.6) is 0 Å². The maximum atomic E-state index is 13.9. The molecular weight excluding hydrogens is 457 g/mol. The van der Waals surface area contributed by atoms with Gasteiger partial charge < -0.3 is 15.7 Å². The second-order valence-corrected chi connectivity index (χ2v) is 8.55. The normalized spacial score (nSPS) is 18.5. The number of hydrogen-bond donors (Lipinski definition) is 3. The van der Waals surface area contributed by atoms with E-state index in [1.54, 1.807) is 36.4 Å². The van der Waals surface area contributed by atoms with Crippen molar-refractivity contribution in [2.24, 2.45) is 0 Å². The fourth-order valence-corrected chi connectivity index (χ4v) is 4.57. The maximum Gasteiger partial charge on any atom is 0.410 e. The maximum absolute atomic E-state index is 13.9. The number of fused-ring (bicyclic) bond motifs is 2. The number of anilines is 1. The summed E-state index contributed by atoms with van der Waals surface area (Å²) in [6.07, 6.45) is -4.64. The van der Waals surface area contributed by atoms with Crippen LogP contribution in [0.25, 0.3) is 10.8 Å². The van der Waals surface area contributed by atoms with Gasteiger partial charge in [0, 0.05) is 13.0 Å². The topological polar surface area (TPSA) is 79.2 Å². The molecule has 0 spiro atoms. The second-order valence-electron chi connectivity index (χ2n) is 8.55. The lowest BCUT2D eigenvalue weighted by Crippen LogP contribution is -2.36. The third-order valence-electron chi connectivity index (χ3n) is 6.32. The highest BCUT2D eigenvalue weighted by molar-refractivity contribution is 5.99. The van der Waals surface area contributed by atoms with Crippen molar-refractivity contribution >= 4 is 22.5 Å². The molecule has 0 saturated heterocycles. The number of aliphatic hydroxyl groups is 1. The van der Waals surface area contributed by atoms with Crippen LogP contribution in [0, 0.1) is 0 Å². The number of rotatable bonds is 5. The molecule has 3 unspecified atom stereocenters. The second kappa shape index (κ2) is 9.07. The molecule has 1 aromatic heterocycles. The number of benzene rings is 3. The quantitative estimate of drug-likeness (QED) is 0.369. The molecule has 0 radical (unpaired) electrons. The van der Waals surface area contributed by atoms with Crippen LogP contribution in [-0.4, -0.2) is 33.5 Å². The first kappa shape index (κ1) is 22.9. The van der Waals surface area contributed by atoms with Crippen LogP contribution in [-0.2, 0) is 0 Å². The first-order chi connectivity index (χ1) is 16.8. The Balaban J connectivity index is 1.38. The Labute approximate surface area is 199 Å². The molecular formula is C26H23F3N4O2. The molecule has 3 N–H and O–H groups in total. The van der Waals surface area contributed by atoms with Gasteiger partial charge >= 0.3 is 6.18 Å². The molecule has 2 heterocycles. The number of nitrogens with zero attached hydrogens (tertiary/aromatic N) is 2. The van der Waals surface area contributed by atoms with E-state index in [-0.39, 0.29) is 24.3 Å². The fraction of sp³-hybridized carbons (Fsp3) is 0.231. The highest BCUT2D eigenvalue weighted by Gasteiger charge is 2.47. The monoisotopic (exact) mass is 480 g/mol. The lowest BCUT2D eigenvalue weighted by Gasteiger charge is -2.34. The van der Waals surface area contributed by atoms with Gasteiger partial charge in [0.05, 0.1) is 18.3 Å². The van der Waals surface area contributed by atoms with Crippen molar-refractivity contribution < 1.29 is 23.1 Å². The van der Waals surface area contributed by atoms with E-state index in [1.807, 2.05) is 36.4 Å². The predicted octanol–water partition coefficient (Wildman–Crippen LogP) is 5.16. The van der Waals surface area contributed by atoms with Crippen LogP contribution >= 0.6 is 0 Å². The smallest absolute Gasteiger partial charge is 0.387 e. The zero-order valence-electron chi connectivity index (χ0n) is 18.5. The Morgan fingerprint density at radius 3 is 2.57 bits per heavy atom. The summed E-state index contributed by atoms with van der Waals surface area (Å²) in [5.41, 5.74) is 1.33. The number of carbonyl (C=O) groups excluding carboxylic acids is 1.